The van der Waals surface area contributed by atoms with Gasteiger partial charge in [-0.3, -0.25) is 9.79 Å². The van der Waals surface area contributed by atoms with Crippen LogP contribution in [0.5, 0.6) is 0 Å². The standard InChI is InChI=1S/C14H17ClN4O/c1-14(2)11-8(7-18-12(17)9(15)6-16)4-3-5-10(11)19-13(14)20/h3-6H,7,16H2,1-2H3,(H2,17,18)(H,19,20). The Labute approximate surface area is 122 Å². The molecule has 2 rings (SSSR count). The van der Waals surface area contributed by atoms with Gasteiger partial charge in [-0.25, -0.2) is 0 Å². The van der Waals surface area contributed by atoms with Crippen LogP contribution in [0, 0.1) is 0 Å². The Bertz CT molecular complexity index is 620. The number of nitrogens with two attached hydrogens (primary N) is 2. The summed E-state index contributed by atoms with van der Waals surface area (Å²) in [7, 11) is 0. The molecule has 1 heterocycles. The van der Waals surface area contributed by atoms with E-state index in [2.05, 4.69) is 10.3 Å². The van der Waals surface area contributed by atoms with E-state index in [1.807, 2.05) is 32.0 Å². The summed E-state index contributed by atoms with van der Waals surface area (Å²) < 4.78 is 0. The lowest BCUT2D eigenvalue weighted by Crippen LogP contribution is -2.27. The molecule has 0 radical (unpaired) electrons. The van der Waals surface area contributed by atoms with Crippen LogP contribution < -0.4 is 16.8 Å². The molecule has 6 heteroatoms. The summed E-state index contributed by atoms with van der Waals surface area (Å²) in [6.07, 6.45) is 1.20. The van der Waals surface area contributed by atoms with Gasteiger partial charge in [-0.05, 0) is 31.0 Å². The molecule has 1 aromatic rings. The molecule has 106 valence electrons. The van der Waals surface area contributed by atoms with E-state index in [0.717, 1.165) is 16.8 Å². The fraction of sp³-hybridized carbons (Fsp3) is 0.286. The zero-order chi connectivity index (χ0) is 14.9. The van der Waals surface area contributed by atoms with Gasteiger partial charge in [0.2, 0.25) is 5.91 Å². The molecule has 0 saturated heterocycles. The molecule has 0 aromatic heterocycles. The number of halogens is 1. The lowest BCUT2D eigenvalue weighted by atomic mass is 9.83. The van der Waals surface area contributed by atoms with Crippen LogP contribution in [-0.4, -0.2) is 11.7 Å². The average Bonchev–Trinajstić information content (AvgIpc) is 2.66. The molecule has 1 aliphatic heterocycles. The Balaban J connectivity index is 2.38. The number of rotatable bonds is 3. The predicted octanol–water partition coefficient (Wildman–Crippen LogP) is 1.81. The molecule has 20 heavy (non-hydrogen) atoms. The van der Waals surface area contributed by atoms with Gasteiger partial charge in [-0.2, -0.15) is 0 Å². The van der Waals surface area contributed by atoms with Gasteiger partial charge in [0.1, 0.15) is 5.84 Å². The van der Waals surface area contributed by atoms with Crippen molar-refractivity contribution in [2.75, 3.05) is 5.32 Å². The van der Waals surface area contributed by atoms with Crippen LogP contribution in [0.3, 0.4) is 0 Å². The summed E-state index contributed by atoms with van der Waals surface area (Å²) >= 11 is 5.79. The van der Waals surface area contributed by atoms with E-state index in [-0.39, 0.29) is 16.8 Å². The molecule has 0 bridgehead atoms. The normalized spacial score (nSPS) is 17.9. The van der Waals surface area contributed by atoms with Crippen molar-refractivity contribution >= 4 is 29.0 Å². The van der Waals surface area contributed by atoms with Crippen molar-refractivity contribution in [3.8, 4) is 0 Å². The number of anilines is 1. The first kappa shape index (κ1) is 14.4. The van der Waals surface area contributed by atoms with Crippen LogP contribution in [0.25, 0.3) is 0 Å². The third kappa shape index (κ3) is 2.36. The molecule has 1 amide bonds. The van der Waals surface area contributed by atoms with Crippen LogP contribution in [0.2, 0.25) is 0 Å². The lowest BCUT2D eigenvalue weighted by molar-refractivity contribution is -0.119. The number of amides is 1. The maximum absolute atomic E-state index is 12.0. The van der Waals surface area contributed by atoms with Crippen molar-refractivity contribution in [2.45, 2.75) is 25.8 Å². The fourth-order valence-corrected chi connectivity index (χ4v) is 2.36. The first-order chi connectivity index (χ1) is 9.37. The quantitative estimate of drug-likeness (QED) is 0.586. The van der Waals surface area contributed by atoms with E-state index in [4.69, 9.17) is 23.1 Å². The molecule has 0 aliphatic carbocycles. The first-order valence-electron chi connectivity index (χ1n) is 6.19. The molecule has 5 nitrogen and oxygen atoms in total. The largest absolute Gasteiger partial charge is 0.403 e. The number of aliphatic imine (C=N–C) groups is 1. The number of carbonyl (C=O) groups excluding carboxylic acids is 1. The van der Waals surface area contributed by atoms with Crippen LogP contribution >= 0.6 is 11.6 Å². The Kier molecular flexibility index (Phi) is 3.72. The molecule has 0 spiro atoms. The molecule has 0 unspecified atom stereocenters. The molecule has 1 aromatic carbocycles. The molecule has 1 aliphatic rings. The van der Waals surface area contributed by atoms with Crippen molar-refractivity contribution in [3.63, 3.8) is 0 Å². The minimum Gasteiger partial charge on any atom is -0.403 e. The maximum Gasteiger partial charge on any atom is 0.234 e. The maximum atomic E-state index is 12.0. The number of nitrogens with zero attached hydrogens (tertiary/aromatic N) is 1. The zero-order valence-electron chi connectivity index (χ0n) is 11.4. The van der Waals surface area contributed by atoms with Crippen molar-refractivity contribution in [3.05, 3.63) is 40.6 Å². The Morgan fingerprint density at radius 3 is 2.85 bits per heavy atom. The number of hydrogen-bond donors (Lipinski definition) is 3. The van der Waals surface area contributed by atoms with Gasteiger partial charge in [-0.1, -0.05) is 23.7 Å². The number of amidine groups is 1. The third-order valence-electron chi connectivity index (χ3n) is 3.40. The Hall–Kier alpha value is -2.01. The molecule has 0 atom stereocenters. The van der Waals surface area contributed by atoms with Gasteiger partial charge in [0.15, 0.2) is 0 Å². The first-order valence-corrected chi connectivity index (χ1v) is 6.57. The summed E-state index contributed by atoms with van der Waals surface area (Å²) in [4.78, 5) is 16.2. The van der Waals surface area contributed by atoms with E-state index in [0.29, 0.717) is 6.54 Å². The molecule has 0 fully saturated rings. The van der Waals surface area contributed by atoms with Crippen LogP contribution in [0.15, 0.2) is 34.4 Å². The summed E-state index contributed by atoms with van der Waals surface area (Å²) in [5.41, 5.74) is 13.1. The van der Waals surface area contributed by atoms with Gasteiger partial charge in [0.05, 0.1) is 17.0 Å². The van der Waals surface area contributed by atoms with E-state index in [9.17, 15) is 4.79 Å². The summed E-state index contributed by atoms with van der Waals surface area (Å²) in [5, 5.41) is 3.09. The van der Waals surface area contributed by atoms with E-state index in [1.54, 1.807) is 0 Å². The molecule has 0 saturated carbocycles. The molecular formula is C14H17ClN4O. The Morgan fingerprint density at radius 2 is 2.20 bits per heavy atom. The number of nitrogens with one attached hydrogen (secondary N) is 1. The second kappa shape index (κ2) is 5.17. The van der Waals surface area contributed by atoms with Gasteiger partial charge >= 0.3 is 0 Å². The summed E-state index contributed by atoms with van der Waals surface area (Å²) in [6.45, 7) is 4.12. The number of carbonyl (C=O) groups is 1. The second-order valence-corrected chi connectivity index (χ2v) is 5.54. The topological polar surface area (TPSA) is 93.5 Å². The fourth-order valence-electron chi connectivity index (χ4n) is 2.30. The summed E-state index contributed by atoms with van der Waals surface area (Å²) in [6, 6.07) is 5.69. The second-order valence-electron chi connectivity index (χ2n) is 5.13. The minimum absolute atomic E-state index is 0.0169. The van der Waals surface area contributed by atoms with Gasteiger partial charge in [-0.15, -0.1) is 0 Å². The highest BCUT2D eigenvalue weighted by atomic mass is 35.5. The number of hydrogen-bond acceptors (Lipinski definition) is 3. The highest BCUT2D eigenvalue weighted by Crippen LogP contribution is 2.39. The average molecular weight is 293 g/mol. The number of fused-ring (bicyclic) bond motifs is 1. The van der Waals surface area contributed by atoms with Crippen molar-refractivity contribution in [2.24, 2.45) is 16.5 Å². The smallest absolute Gasteiger partial charge is 0.234 e. The van der Waals surface area contributed by atoms with Crippen LogP contribution in [0.4, 0.5) is 5.69 Å². The van der Waals surface area contributed by atoms with Gasteiger partial charge in [0.25, 0.3) is 0 Å². The van der Waals surface area contributed by atoms with Crippen LogP contribution in [0.1, 0.15) is 25.0 Å². The van der Waals surface area contributed by atoms with Crippen molar-refractivity contribution in [1.82, 2.24) is 0 Å². The van der Waals surface area contributed by atoms with Gasteiger partial charge in [0, 0.05) is 11.9 Å². The van der Waals surface area contributed by atoms with Crippen LogP contribution in [-0.2, 0) is 16.8 Å². The minimum atomic E-state index is -0.580. The monoisotopic (exact) mass is 292 g/mol. The molecule has 5 N–H and O–H groups in total. The van der Waals surface area contributed by atoms with Crippen molar-refractivity contribution in [1.29, 1.82) is 0 Å². The zero-order valence-corrected chi connectivity index (χ0v) is 12.2. The van der Waals surface area contributed by atoms with Gasteiger partial charge < -0.3 is 16.8 Å². The predicted molar refractivity (Wildman–Crippen MR) is 81.5 cm³/mol. The summed E-state index contributed by atoms with van der Waals surface area (Å²) in [5.74, 6) is 0.165. The SMILES string of the molecule is CC1(C)C(=O)Nc2cccc(CN=C(N)C(Cl)=CN)c21. The van der Waals surface area contributed by atoms with E-state index >= 15 is 0 Å². The lowest BCUT2D eigenvalue weighted by Gasteiger charge is -2.18. The Morgan fingerprint density at radius 1 is 1.50 bits per heavy atom. The van der Waals surface area contributed by atoms with Crippen molar-refractivity contribution < 1.29 is 4.79 Å². The van der Waals surface area contributed by atoms with E-state index in [1.165, 1.54) is 6.20 Å². The van der Waals surface area contributed by atoms with E-state index < -0.39 is 5.41 Å². The highest BCUT2D eigenvalue weighted by molar-refractivity contribution is 6.42. The number of benzene rings is 1. The highest BCUT2D eigenvalue weighted by Gasteiger charge is 2.39. The third-order valence-corrected chi connectivity index (χ3v) is 3.72. The molecular weight excluding hydrogens is 276 g/mol.